The van der Waals surface area contributed by atoms with E-state index in [-0.39, 0.29) is 7.43 Å². The van der Waals surface area contributed by atoms with E-state index in [2.05, 4.69) is 150 Å². The van der Waals surface area contributed by atoms with Crippen molar-refractivity contribution in [3.8, 4) is 0 Å². The van der Waals surface area contributed by atoms with Gasteiger partial charge >= 0.3 is 0 Å². The normalized spacial score (nSPS) is 21.8. The van der Waals surface area contributed by atoms with Crippen molar-refractivity contribution < 1.29 is 9.47 Å². The van der Waals surface area contributed by atoms with Crippen molar-refractivity contribution in [3.63, 3.8) is 0 Å². The minimum Gasteiger partial charge on any atom is -0.381 e. The summed E-state index contributed by atoms with van der Waals surface area (Å²) in [6.45, 7) is 54.4. The molecule has 0 amide bonds. The molecule has 0 atom stereocenters. The average Bonchev–Trinajstić information content (AvgIpc) is 4.14. The second-order valence-corrected chi connectivity index (χ2v) is 26.2. The molecule has 2 saturated heterocycles. The average molecular weight is 907 g/mol. The zero-order valence-electron chi connectivity index (χ0n) is 47.7. The lowest BCUT2D eigenvalue weighted by molar-refractivity contribution is 0.0238. The predicted molar refractivity (Wildman–Crippen MR) is 292 cm³/mol. The van der Waals surface area contributed by atoms with E-state index in [1.165, 1.54) is 116 Å². The molecule has 2 heterocycles. The van der Waals surface area contributed by atoms with Crippen LogP contribution in [-0.2, 0) is 9.47 Å². The molecule has 0 aromatic heterocycles. The first-order valence-electron chi connectivity index (χ1n) is 28.1. The number of rotatable bonds is 6. The van der Waals surface area contributed by atoms with Gasteiger partial charge in [0, 0.05) is 32.3 Å². The minimum atomic E-state index is 0. The molecule has 0 spiro atoms. The van der Waals surface area contributed by atoms with Crippen LogP contribution >= 0.6 is 0 Å². The van der Waals surface area contributed by atoms with E-state index in [0.717, 1.165) is 105 Å². The van der Waals surface area contributed by atoms with Crippen LogP contribution in [0.3, 0.4) is 0 Å². The van der Waals surface area contributed by atoms with Gasteiger partial charge in [-0.15, -0.1) is 0 Å². The molecule has 0 aromatic rings. The topological polar surface area (TPSA) is 21.7 Å². The van der Waals surface area contributed by atoms with Gasteiger partial charge in [-0.1, -0.05) is 216 Å². The third-order valence-corrected chi connectivity index (χ3v) is 17.0. The summed E-state index contributed by atoms with van der Waals surface area (Å²) in [6.07, 6.45) is 26.3. The largest absolute Gasteiger partial charge is 0.381 e. The highest BCUT2D eigenvalue weighted by molar-refractivity contribution is 4.97. The molecule has 0 unspecified atom stereocenters. The molecule has 0 bridgehead atoms. The fraction of sp³-hybridized carbons (Fsp3) is 1.00. The fourth-order valence-electron chi connectivity index (χ4n) is 8.89. The second kappa shape index (κ2) is 35.1. The third kappa shape index (κ3) is 32.6. The number of hydrogen-bond donors (Lipinski definition) is 0. The second-order valence-electron chi connectivity index (χ2n) is 26.2. The van der Waals surface area contributed by atoms with Crippen molar-refractivity contribution in [2.24, 2.45) is 81.3 Å². The van der Waals surface area contributed by atoms with Crippen LogP contribution in [0.15, 0.2) is 0 Å². The molecule has 0 radical (unpaired) electrons. The Bertz CT molecular complexity index is 946. The summed E-state index contributed by atoms with van der Waals surface area (Å²) in [7, 11) is 0. The molecule has 7 aliphatic rings. The molecule has 5 aliphatic carbocycles. The molecule has 3 heteroatoms. The van der Waals surface area contributed by atoms with Gasteiger partial charge in [0.15, 0.2) is 0 Å². The van der Waals surface area contributed by atoms with Gasteiger partial charge in [0.2, 0.25) is 0 Å². The van der Waals surface area contributed by atoms with E-state index in [4.69, 9.17) is 9.47 Å². The standard InChI is InChI=1S/C9H18.C8H16O.2C8H16.C7H15NO.2C7H14.C6H14.CH4/c1-8(2)9-6-4-3-5-7-9;1-7(2)8-3-5-9-6-4-8;1-7(2,3)8(4)5-6-8;1-7(2)8-5-3-4-6-8;1-7(2)8-3-5-9-6-4-8;1-7(2,3)6-4-5-6;1-6(2)7-4-3-5-7;1-5(2)6(3)4;/h8-9H,3-7H2,1-2H3;7-8H,3-6H2,1-2H3;5-6H2,1-4H3;7-8H,3-6H2,1-2H3;7H,3-6H2,1-2H3;6H,4-5H2,1-3H3;6-7H,3-5H2,1-2H3;5-6H,1-4H3;1H4. The summed E-state index contributed by atoms with van der Waals surface area (Å²) in [5.74, 6) is 10.6. The van der Waals surface area contributed by atoms with Gasteiger partial charge in [0.05, 0.1) is 13.2 Å². The maximum Gasteiger partial charge on any atom is 0.0594 e. The summed E-state index contributed by atoms with van der Waals surface area (Å²) in [6, 6.07) is 0.689. The summed E-state index contributed by atoms with van der Waals surface area (Å²) in [5.41, 5.74) is 1.85. The van der Waals surface area contributed by atoms with Crippen molar-refractivity contribution in [1.29, 1.82) is 0 Å². The molecule has 64 heavy (non-hydrogen) atoms. The summed E-state index contributed by atoms with van der Waals surface area (Å²) < 4.78 is 10.5. The third-order valence-electron chi connectivity index (χ3n) is 17.0. The quantitative estimate of drug-likeness (QED) is 0.265. The molecular weight excluding hydrogens is 779 g/mol. The van der Waals surface area contributed by atoms with Crippen LogP contribution in [0, 0.1) is 81.3 Å². The highest BCUT2D eigenvalue weighted by Gasteiger charge is 2.47. The Morgan fingerprint density at radius 3 is 0.891 bits per heavy atom. The van der Waals surface area contributed by atoms with Crippen LogP contribution < -0.4 is 0 Å². The zero-order chi connectivity index (χ0) is 48.4. The van der Waals surface area contributed by atoms with Crippen molar-refractivity contribution in [2.45, 2.75) is 274 Å². The smallest absolute Gasteiger partial charge is 0.0594 e. The maximum absolute atomic E-state index is 5.25. The van der Waals surface area contributed by atoms with E-state index >= 15 is 0 Å². The highest BCUT2D eigenvalue weighted by Crippen LogP contribution is 2.57. The van der Waals surface area contributed by atoms with E-state index in [1.54, 1.807) is 0 Å². The van der Waals surface area contributed by atoms with Gasteiger partial charge in [-0.25, -0.2) is 0 Å². The Morgan fingerprint density at radius 2 is 0.734 bits per heavy atom. The van der Waals surface area contributed by atoms with Crippen LogP contribution in [0.1, 0.15) is 268 Å². The Hall–Kier alpha value is -0.120. The number of morpholine rings is 1. The fourth-order valence-corrected chi connectivity index (χ4v) is 8.89. The van der Waals surface area contributed by atoms with Gasteiger partial charge < -0.3 is 9.47 Å². The molecule has 0 N–H and O–H groups in total. The van der Waals surface area contributed by atoms with E-state index < -0.39 is 0 Å². The minimum absolute atomic E-state index is 0. The van der Waals surface area contributed by atoms with Gasteiger partial charge in [-0.05, 0) is 134 Å². The summed E-state index contributed by atoms with van der Waals surface area (Å²) in [5, 5.41) is 0. The Kier molecular flexibility index (Phi) is 36.1. The van der Waals surface area contributed by atoms with Crippen molar-refractivity contribution >= 4 is 0 Å². The van der Waals surface area contributed by atoms with Gasteiger partial charge in [0.1, 0.15) is 0 Å². The number of nitrogens with zero attached hydrogens (tertiary/aromatic N) is 1. The lowest BCUT2D eigenvalue weighted by atomic mass is 9.78. The number of hydrogen-bond acceptors (Lipinski definition) is 3. The molecule has 0 aromatic carbocycles. The van der Waals surface area contributed by atoms with Gasteiger partial charge in [-0.3, -0.25) is 4.90 Å². The van der Waals surface area contributed by atoms with Crippen LogP contribution in [0.25, 0.3) is 0 Å². The lowest BCUT2D eigenvalue weighted by Crippen LogP contribution is -2.40. The Labute approximate surface area is 408 Å². The van der Waals surface area contributed by atoms with Crippen LogP contribution in [0.5, 0.6) is 0 Å². The molecule has 7 fully saturated rings. The molecule has 3 nitrogen and oxygen atoms in total. The predicted octanol–water partition coefficient (Wildman–Crippen LogP) is 19.5. The molecular formula is C61H127NO2. The van der Waals surface area contributed by atoms with Crippen LogP contribution in [-0.4, -0.2) is 50.5 Å². The van der Waals surface area contributed by atoms with Gasteiger partial charge in [-0.2, -0.15) is 0 Å². The molecule has 5 saturated carbocycles. The Morgan fingerprint density at radius 1 is 0.422 bits per heavy atom. The van der Waals surface area contributed by atoms with Crippen molar-refractivity contribution in [2.75, 3.05) is 39.5 Å². The first-order valence-corrected chi connectivity index (χ1v) is 28.1. The lowest BCUT2D eigenvalue weighted by Gasteiger charge is -2.29. The van der Waals surface area contributed by atoms with E-state index in [9.17, 15) is 0 Å². The van der Waals surface area contributed by atoms with E-state index in [1.807, 2.05) is 0 Å². The van der Waals surface area contributed by atoms with Gasteiger partial charge in [0.25, 0.3) is 0 Å². The first-order chi connectivity index (χ1) is 29.2. The summed E-state index contributed by atoms with van der Waals surface area (Å²) >= 11 is 0. The van der Waals surface area contributed by atoms with Crippen molar-refractivity contribution in [1.82, 2.24) is 4.90 Å². The maximum atomic E-state index is 5.25. The first kappa shape index (κ1) is 66.0. The Balaban J connectivity index is 0. The van der Waals surface area contributed by atoms with Crippen LogP contribution in [0.4, 0.5) is 0 Å². The molecule has 7 rings (SSSR count). The monoisotopic (exact) mass is 906 g/mol. The zero-order valence-corrected chi connectivity index (χ0v) is 47.7. The SMILES string of the molecule is C.CC(C)(C)C1(C)CC1.CC(C)(C)C1CC1.CC(C)C(C)C.CC(C)C1CCC1.CC(C)C1CCCC1.CC(C)C1CCCCC1.CC(C)C1CCOCC1.CC(C)N1CCOCC1. The summed E-state index contributed by atoms with van der Waals surface area (Å²) in [4.78, 5) is 2.43. The van der Waals surface area contributed by atoms with Crippen molar-refractivity contribution in [3.05, 3.63) is 0 Å². The van der Waals surface area contributed by atoms with E-state index in [0.29, 0.717) is 22.3 Å². The molecule has 2 aliphatic heterocycles. The number of ether oxygens (including phenoxy) is 2. The van der Waals surface area contributed by atoms with Crippen LogP contribution in [0.2, 0.25) is 0 Å². The highest BCUT2D eigenvalue weighted by atomic mass is 16.5. The molecule has 388 valence electrons.